The van der Waals surface area contributed by atoms with Gasteiger partial charge in [0.05, 0.1) is 18.8 Å². The van der Waals surface area contributed by atoms with Crippen molar-refractivity contribution in [3.63, 3.8) is 0 Å². The van der Waals surface area contributed by atoms with Crippen LogP contribution in [0.4, 0.5) is 0 Å². The molecule has 2 bridgehead atoms. The van der Waals surface area contributed by atoms with Gasteiger partial charge < -0.3 is 19.7 Å². The third-order valence-corrected chi connectivity index (χ3v) is 5.67. The van der Waals surface area contributed by atoms with Crippen molar-refractivity contribution in [3.8, 4) is 5.75 Å². The predicted molar refractivity (Wildman–Crippen MR) is 114 cm³/mol. The molecular weight excluding hydrogens is 441 g/mol. The molecule has 1 N–H and O–H groups in total. The fourth-order valence-electron chi connectivity index (χ4n) is 4.54. The highest BCUT2D eigenvalue weighted by molar-refractivity contribution is 14.0. The van der Waals surface area contributed by atoms with Crippen LogP contribution in [0.5, 0.6) is 5.75 Å². The maximum atomic E-state index is 6.08. The lowest BCUT2D eigenvalue weighted by molar-refractivity contribution is 0.0767. The molecule has 0 amide bonds. The first kappa shape index (κ1) is 19.7. The van der Waals surface area contributed by atoms with Gasteiger partial charge in [-0.15, -0.1) is 24.0 Å². The number of aliphatic imine (C=N–C) groups is 1. The van der Waals surface area contributed by atoms with E-state index in [2.05, 4.69) is 24.1 Å². The molecule has 4 rings (SSSR count). The Balaban J connectivity index is 0.00000196. The van der Waals surface area contributed by atoms with Crippen molar-refractivity contribution in [2.24, 2.45) is 16.8 Å². The Kier molecular flexibility index (Phi) is 6.66. The highest BCUT2D eigenvalue weighted by atomic mass is 127. The molecule has 3 saturated heterocycles. The second-order valence-electron chi connectivity index (χ2n) is 7.46. The Bertz CT molecular complexity index is 594. The van der Waals surface area contributed by atoms with E-state index >= 15 is 0 Å². The Morgan fingerprint density at radius 3 is 2.50 bits per heavy atom. The van der Waals surface area contributed by atoms with Gasteiger partial charge in [0.25, 0.3) is 0 Å². The molecule has 1 aromatic carbocycles. The summed E-state index contributed by atoms with van der Waals surface area (Å²) in [4.78, 5) is 7.29. The van der Waals surface area contributed by atoms with Crippen molar-refractivity contribution in [3.05, 3.63) is 30.3 Å². The van der Waals surface area contributed by atoms with Gasteiger partial charge in [0, 0.05) is 31.5 Å². The highest BCUT2D eigenvalue weighted by Gasteiger charge is 2.53. The van der Waals surface area contributed by atoms with E-state index in [-0.39, 0.29) is 30.1 Å². The second kappa shape index (κ2) is 8.78. The first-order chi connectivity index (χ1) is 12.2. The summed E-state index contributed by atoms with van der Waals surface area (Å²) in [5.41, 5.74) is 0. The average molecular weight is 471 g/mol. The lowest BCUT2D eigenvalue weighted by atomic mass is 9.82. The van der Waals surface area contributed by atoms with E-state index in [9.17, 15) is 0 Å². The molecule has 0 radical (unpaired) electrons. The number of nitrogens with zero attached hydrogens (tertiary/aromatic N) is 2. The molecule has 26 heavy (non-hydrogen) atoms. The van der Waals surface area contributed by atoms with Crippen LogP contribution < -0.4 is 10.1 Å². The Morgan fingerprint density at radius 1 is 1.23 bits per heavy atom. The number of nitrogens with one attached hydrogen (secondary N) is 1. The summed E-state index contributed by atoms with van der Waals surface area (Å²) < 4.78 is 12.0. The fourth-order valence-corrected chi connectivity index (χ4v) is 4.54. The molecular formula is C20H30IN3O2. The summed E-state index contributed by atoms with van der Waals surface area (Å²) in [6.07, 6.45) is 3.52. The molecule has 3 aliphatic rings. The third kappa shape index (κ3) is 4.11. The minimum absolute atomic E-state index is 0. The van der Waals surface area contributed by atoms with Crippen LogP contribution in [0.3, 0.4) is 0 Å². The largest absolute Gasteiger partial charge is 0.489 e. The van der Waals surface area contributed by atoms with Crippen LogP contribution in [0.25, 0.3) is 0 Å². The topological polar surface area (TPSA) is 46.1 Å². The summed E-state index contributed by atoms with van der Waals surface area (Å²) >= 11 is 0. The molecule has 5 nitrogen and oxygen atoms in total. The summed E-state index contributed by atoms with van der Waals surface area (Å²) in [6, 6.07) is 9.97. The summed E-state index contributed by atoms with van der Waals surface area (Å²) in [7, 11) is 0. The van der Waals surface area contributed by atoms with Gasteiger partial charge >= 0.3 is 0 Å². The summed E-state index contributed by atoms with van der Waals surface area (Å²) in [5.74, 6) is 3.32. The zero-order valence-electron chi connectivity index (χ0n) is 15.6. The number of benzene rings is 1. The lowest BCUT2D eigenvalue weighted by Gasteiger charge is -2.24. The zero-order valence-corrected chi connectivity index (χ0v) is 18.0. The van der Waals surface area contributed by atoms with Crippen molar-refractivity contribution in [1.82, 2.24) is 10.2 Å². The third-order valence-electron chi connectivity index (χ3n) is 5.67. The van der Waals surface area contributed by atoms with Gasteiger partial charge in [-0.1, -0.05) is 18.2 Å². The monoisotopic (exact) mass is 471 g/mol. The van der Waals surface area contributed by atoms with Crippen LogP contribution in [0.1, 0.15) is 26.7 Å². The van der Waals surface area contributed by atoms with Crippen molar-refractivity contribution >= 4 is 29.9 Å². The van der Waals surface area contributed by atoms with Crippen molar-refractivity contribution < 1.29 is 9.47 Å². The van der Waals surface area contributed by atoms with Crippen LogP contribution in [0, 0.1) is 11.8 Å². The SMILES string of the molecule is CCNC(=NCC(C)Oc1ccccc1)N1CC2C3CCC(O3)C2C1.I. The minimum Gasteiger partial charge on any atom is -0.489 e. The molecule has 0 aliphatic carbocycles. The van der Waals surface area contributed by atoms with E-state index in [1.54, 1.807) is 0 Å². The van der Waals surface area contributed by atoms with E-state index < -0.39 is 0 Å². The summed E-state index contributed by atoms with van der Waals surface area (Å²) in [6.45, 7) is 7.90. The normalized spacial score (nSPS) is 30.7. The molecule has 5 unspecified atom stereocenters. The quantitative estimate of drug-likeness (QED) is 0.407. The van der Waals surface area contributed by atoms with Crippen molar-refractivity contribution in [2.45, 2.75) is 45.0 Å². The number of hydrogen-bond acceptors (Lipinski definition) is 3. The Labute approximate surface area is 173 Å². The zero-order chi connectivity index (χ0) is 17.2. The highest BCUT2D eigenvalue weighted by Crippen LogP contribution is 2.47. The Morgan fingerprint density at radius 2 is 1.88 bits per heavy atom. The molecule has 6 heteroatoms. The van der Waals surface area contributed by atoms with Gasteiger partial charge in [0.15, 0.2) is 5.96 Å². The van der Waals surface area contributed by atoms with Crippen molar-refractivity contribution in [2.75, 3.05) is 26.2 Å². The van der Waals surface area contributed by atoms with E-state index in [0.717, 1.165) is 31.3 Å². The number of rotatable bonds is 5. The molecule has 0 aromatic heterocycles. The number of likely N-dealkylation sites (tertiary alicyclic amines) is 1. The summed E-state index contributed by atoms with van der Waals surface area (Å²) in [5, 5.41) is 3.46. The first-order valence-electron chi connectivity index (χ1n) is 9.65. The maximum Gasteiger partial charge on any atom is 0.194 e. The van der Waals surface area contributed by atoms with E-state index in [4.69, 9.17) is 14.5 Å². The molecule has 0 spiro atoms. The molecule has 144 valence electrons. The van der Waals surface area contributed by atoms with Gasteiger partial charge in [0.1, 0.15) is 11.9 Å². The minimum atomic E-state index is 0. The Hall–Kier alpha value is -1.02. The molecule has 5 atom stereocenters. The smallest absolute Gasteiger partial charge is 0.194 e. The van der Waals surface area contributed by atoms with Crippen LogP contribution in [0.15, 0.2) is 35.3 Å². The van der Waals surface area contributed by atoms with Crippen LogP contribution in [-0.4, -0.2) is 55.4 Å². The number of ether oxygens (including phenoxy) is 2. The molecule has 0 saturated carbocycles. The number of guanidine groups is 1. The second-order valence-corrected chi connectivity index (χ2v) is 7.46. The predicted octanol–water partition coefficient (Wildman–Crippen LogP) is 3.15. The number of halogens is 1. The van der Waals surface area contributed by atoms with Gasteiger partial charge in [-0.2, -0.15) is 0 Å². The maximum absolute atomic E-state index is 6.08. The van der Waals surface area contributed by atoms with Crippen LogP contribution in [-0.2, 0) is 4.74 Å². The van der Waals surface area contributed by atoms with Crippen molar-refractivity contribution in [1.29, 1.82) is 0 Å². The van der Waals surface area contributed by atoms with Crippen LogP contribution >= 0.6 is 24.0 Å². The molecule has 3 heterocycles. The average Bonchev–Trinajstić information content (AvgIpc) is 3.32. The number of para-hydroxylation sites is 1. The lowest BCUT2D eigenvalue weighted by Crippen LogP contribution is -2.42. The standard InChI is InChI=1S/C20H29N3O2.HI/c1-3-21-20(22-11-14(2)24-15-7-5-4-6-8-15)23-12-16-17(13-23)19-10-9-18(16)25-19;/h4-8,14,16-19H,3,9-13H2,1-2H3,(H,21,22);1H. The van der Waals surface area contributed by atoms with E-state index in [1.165, 1.54) is 12.8 Å². The van der Waals surface area contributed by atoms with E-state index in [1.807, 2.05) is 30.3 Å². The molecule has 3 fully saturated rings. The van der Waals surface area contributed by atoms with E-state index in [0.29, 0.717) is 30.6 Å². The van der Waals surface area contributed by atoms with Gasteiger partial charge in [0.2, 0.25) is 0 Å². The first-order valence-corrected chi connectivity index (χ1v) is 9.65. The molecule has 3 aliphatic heterocycles. The van der Waals surface area contributed by atoms with Gasteiger partial charge in [-0.3, -0.25) is 0 Å². The van der Waals surface area contributed by atoms with Gasteiger partial charge in [-0.25, -0.2) is 4.99 Å². The van der Waals surface area contributed by atoms with Crippen LogP contribution in [0.2, 0.25) is 0 Å². The number of fused-ring (bicyclic) bond motifs is 5. The number of hydrogen-bond donors (Lipinski definition) is 1. The molecule has 1 aromatic rings. The van der Waals surface area contributed by atoms with Gasteiger partial charge in [-0.05, 0) is 38.8 Å². The fraction of sp³-hybridized carbons (Fsp3) is 0.650.